The van der Waals surface area contributed by atoms with E-state index in [1.165, 1.54) is 6.92 Å². The van der Waals surface area contributed by atoms with Gasteiger partial charge in [0.05, 0.1) is 0 Å². The van der Waals surface area contributed by atoms with E-state index in [0.717, 1.165) is 0 Å². The number of carbonyl (C=O) groups excluding carboxylic acids is 2. The van der Waals surface area contributed by atoms with E-state index >= 15 is 0 Å². The molecule has 7 heteroatoms. The molecule has 1 rings (SSSR count). The van der Waals surface area contributed by atoms with Crippen molar-refractivity contribution in [1.29, 1.82) is 0 Å². The number of alkyl carbamates (subject to hydrolysis) is 1. The third-order valence-electron chi connectivity index (χ3n) is 3.39. The summed E-state index contributed by atoms with van der Waals surface area (Å²) in [6.07, 6.45) is 0.363. The molecule has 0 radical (unpaired) electrons. The van der Waals surface area contributed by atoms with Crippen LogP contribution in [0.15, 0.2) is 0 Å². The topological polar surface area (TPSA) is 95.9 Å². The van der Waals surface area contributed by atoms with Gasteiger partial charge in [-0.3, -0.25) is 4.79 Å². The number of hydrogen-bond acceptors (Lipinski definition) is 4. The first kappa shape index (κ1) is 17.3. The zero-order valence-electron chi connectivity index (χ0n) is 13.0. The standard InChI is InChI=1S/C14H24N2O5/c1-9(17)16-7-5-10(6-8-16)11(12(18)19)15-13(20)21-14(2,3)4/h10-11H,5-8H2,1-4H3,(H,15,20)(H,18,19)/t11-/m1/s1. The predicted molar refractivity (Wildman–Crippen MR) is 75.8 cm³/mol. The van der Waals surface area contributed by atoms with Crippen LogP contribution in [0.3, 0.4) is 0 Å². The second-order valence-electron chi connectivity index (χ2n) is 6.31. The molecule has 0 aliphatic carbocycles. The maximum absolute atomic E-state index is 11.7. The molecular weight excluding hydrogens is 276 g/mol. The number of hydrogen-bond donors (Lipinski definition) is 2. The molecule has 1 aliphatic rings. The largest absolute Gasteiger partial charge is 0.480 e. The number of carboxylic acid groups (broad SMARTS) is 1. The van der Waals surface area contributed by atoms with Gasteiger partial charge in [-0.25, -0.2) is 9.59 Å². The van der Waals surface area contributed by atoms with Gasteiger partial charge in [0.25, 0.3) is 0 Å². The molecular formula is C14H24N2O5. The van der Waals surface area contributed by atoms with Crippen molar-refractivity contribution in [2.75, 3.05) is 13.1 Å². The Bertz CT molecular complexity index is 408. The highest BCUT2D eigenvalue weighted by Gasteiger charge is 2.34. The van der Waals surface area contributed by atoms with Gasteiger partial charge >= 0.3 is 12.1 Å². The number of nitrogens with one attached hydrogen (secondary N) is 1. The quantitative estimate of drug-likeness (QED) is 0.817. The van der Waals surface area contributed by atoms with Gasteiger partial charge in [-0.1, -0.05) is 0 Å². The average Bonchev–Trinajstić information content (AvgIpc) is 2.33. The second-order valence-corrected chi connectivity index (χ2v) is 6.31. The van der Waals surface area contributed by atoms with E-state index in [0.29, 0.717) is 25.9 Å². The molecule has 21 heavy (non-hydrogen) atoms. The summed E-state index contributed by atoms with van der Waals surface area (Å²) in [5.74, 6) is -1.30. The summed E-state index contributed by atoms with van der Waals surface area (Å²) in [5, 5.41) is 11.7. The summed E-state index contributed by atoms with van der Waals surface area (Å²) in [5.41, 5.74) is -0.675. The molecule has 1 saturated heterocycles. The summed E-state index contributed by atoms with van der Waals surface area (Å²) in [6.45, 7) is 7.67. The fourth-order valence-corrected chi connectivity index (χ4v) is 2.36. The van der Waals surface area contributed by atoms with Gasteiger partial charge in [0.15, 0.2) is 0 Å². The van der Waals surface area contributed by atoms with E-state index in [2.05, 4.69) is 5.32 Å². The number of rotatable bonds is 3. The van der Waals surface area contributed by atoms with E-state index in [4.69, 9.17) is 4.74 Å². The number of piperidine rings is 1. The number of ether oxygens (including phenoxy) is 1. The van der Waals surface area contributed by atoms with Crippen LogP contribution in [0.25, 0.3) is 0 Å². The number of aliphatic carboxylic acids is 1. The number of carboxylic acids is 1. The lowest BCUT2D eigenvalue weighted by Crippen LogP contribution is -2.51. The molecule has 0 aromatic carbocycles. The maximum atomic E-state index is 11.7. The molecule has 1 aliphatic heterocycles. The molecule has 7 nitrogen and oxygen atoms in total. The Labute approximate surface area is 124 Å². The van der Waals surface area contributed by atoms with Gasteiger partial charge in [-0.15, -0.1) is 0 Å². The fourth-order valence-electron chi connectivity index (χ4n) is 2.36. The average molecular weight is 300 g/mol. The maximum Gasteiger partial charge on any atom is 0.408 e. The third kappa shape index (κ3) is 5.61. The van der Waals surface area contributed by atoms with Gasteiger partial charge in [0.2, 0.25) is 5.91 Å². The molecule has 0 unspecified atom stereocenters. The van der Waals surface area contributed by atoms with Crippen molar-refractivity contribution in [3.8, 4) is 0 Å². The number of amides is 2. The van der Waals surface area contributed by atoms with Crippen molar-refractivity contribution in [1.82, 2.24) is 10.2 Å². The summed E-state index contributed by atoms with van der Waals surface area (Å²) >= 11 is 0. The lowest BCUT2D eigenvalue weighted by atomic mass is 9.89. The summed E-state index contributed by atoms with van der Waals surface area (Å²) in [4.78, 5) is 36.0. The highest BCUT2D eigenvalue weighted by Crippen LogP contribution is 2.21. The first-order valence-corrected chi connectivity index (χ1v) is 7.08. The molecule has 1 heterocycles. The van der Waals surface area contributed by atoms with Gasteiger partial charge in [-0.2, -0.15) is 0 Å². The van der Waals surface area contributed by atoms with Gasteiger partial charge < -0.3 is 20.1 Å². The van der Waals surface area contributed by atoms with Crippen molar-refractivity contribution in [2.45, 2.75) is 52.2 Å². The van der Waals surface area contributed by atoms with Crippen LogP contribution in [-0.2, 0) is 14.3 Å². The van der Waals surface area contributed by atoms with Crippen LogP contribution < -0.4 is 5.32 Å². The Balaban J connectivity index is 2.61. The molecule has 0 aromatic heterocycles. The van der Waals surface area contributed by atoms with E-state index in [1.54, 1.807) is 25.7 Å². The Morgan fingerprint density at radius 1 is 1.24 bits per heavy atom. The second kappa shape index (κ2) is 6.78. The number of likely N-dealkylation sites (tertiary alicyclic amines) is 1. The molecule has 2 amide bonds. The summed E-state index contributed by atoms with van der Waals surface area (Å²) in [7, 11) is 0. The molecule has 0 bridgehead atoms. The van der Waals surface area contributed by atoms with Gasteiger partial charge in [-0.05, 0) is 39.5 Å². The fraction of sp³-hybridized carbons (Fsp3) is 0.786. The predicted octanol–water partition coefficient (Wildman–Crippen LogP) is 1.22. The van der Waals surface area contributed by atoms with Crippen molar-refractivity contribution in [3.05, 3.63) is 0 Å². The molecule has 1 atom stereocenters. The molecule has 0 saturated carbocycles. The lowest BCUT2D eigenvalue weighted by molar-refractivity contribution is -0.141. The van der Waals surface area contributed by atoms with Crippen LogP contribution in [0.2, 0.25) is 0 Å². The van der Waals surface area contributed by atoms with Crippen molar-refractivity contribution in [3.63, 3.8) is 0 Å². The summed E-state index contributed by atoms with van der Waals surface area (Å²) in [6, 6.07) is -0.992. The van der Waals surface area contributed by atoms with Crippen LogP contribution in [0.5, 0.6) is 0 Å². The minimum atomic E-state index is -1.08. The number of nitrogens with zero attached hydrogens (tertiary/aromatic N) is 1. The monoisotopic (exact) mass is 300 g/mol. The first-order chi connectivity index (χ1) is 9.60. The van der Waals surface area contributed by atoms with Gasteiger partial charge in [0.1, 0.15) is 11.6 Å². The Kier molecular flexibility index (Phi) is 5.57. The van der Waals surface area contributed by atoms with Crippen molar-refractivity contribution < 1.29 is 24.2 Å². The SMILES string of the molecule is CC(=O)N1CCC([C@@H](NC(=O)OC(C)(C)C)C(=O)O)CC1. The molecule has 1 fully saturated rings. The highest BCUT2D eigenvalue weighted by molar-refractivity contribution is 5.80. The van der Waals surface area contributed by atoms with Crippen molar-refractivity contribution in [2.24, 2.45) is 5.92 Å². The van der Waals surface area contributed by atoms with Crippen LogP contribution in [0, 0.1) is 5.92 Å². The minimum absolute atomic E-state index is 0.0135. The Hall–Kier alpha value is -1.79. The van der Waals surface area contributed by atoms with Crippen LogP contribution >= 0.6 is 0 Å². The zero-order chi connectivity index (χ0) is 16.2. The Morgan fingerprint density at radius 2 is 1.76 bits per heavy atom. The minimum Gasteiger partial charge on any atom is -0.480 e. The molecule has 0 aromatic rings. The van der Waals surface area contributed by atoms with Gasteiger partial charge in [0, 0.05) is 20.0 Å². The van der Waals surface area contributed by atoms with Crippen molar-refractivity contribution >= 4 is 18.0 Å². The third-order valence-corrected chi connectivity index (χ3v) is 3.39. The summed E-state index contributed by atoms with van der Waals surface area (Å²) < 4.78 is 5.09. The molecule has 120 valence electrons. The van der Waals surface area contributed by atoms with E-state index in [9.17, 15) is 19.5 Å². The van der Waals surface area contributed by atoms with Crippen LogP contribution in [0.1, 0.15) is 40.5 Å². The van der Waals surface area contributed by atoms with E-state index in [1.807, 2.05) is 0 Å². The van der Waals surface area contributed by atoms with Crippen LogP contribution in [0.4, 0.5) is 4.79 Å². The highest BCUT2D eigenvalue weighted by atomic mass is 16.6. The lowest BCUT2D eigenvalue weighted by Gasteiger charge is -2.34. The van der Waals surface area contributed by atoms with E-state index in [-0.39, 0.29) is 11.8 Å². The molecule has 0 spiro atoms. The van der Waals surface area contributed by atoms with E-state index < -0.39 is 23.7 Å². The normalized spacial score (nSPS) is 18.0. The Morgan fingerprint density at radius 3 is 2.14 bits per heavy atom. The number of carbonyl (C=O) groups is 3. The molecule has 2 N–H and O–H groups in total. The van der Waals surface area contributed by atoms with Crippen LogP contribution in [-0.4, -0.2) is 52.7 Å². The first-order valence-electron chi connectivity index (χ1n) is 7.08. The zero-order valence-corrected chi connectivity index (χ0v) is 13.0. The smallest absolute Gasteiger partial charge is 0.408 e.